The maximum Gasteiger partial charge on any atom is 0.284 e. The molecule has 0 radical (unpaired) electrons. The molecule has 1 amide bonds. The van der Waals surface area contributed by atoms with E-state index in [0.717, 1.165) is 12.2 Å². The molecule has 0 aliphatic rings. The van der Waals surface area contributed by atoms with E-state index in [1.165, 1.54) is 23.1 Å². The van der Waals surface area contributed by atoms with E-state index in [-0.39, 0.29) is 5.24 Å². The molecule has 1 aromatic rings. The summed E-state index contributed by atoms with van der Waals surface area (Å²) in [6.45, 7) is 2.04. The van der Waals surface area contributed by atoms with Gasteiger partial charge in [0.1, 0.15) is 5.82 Å². The molecule has 0 aliphatic heterocycles. The standard InChI is InChI=1S/C7H10N2OS2/c1-2-3-12-7(10)9-6-4-11-5-8-6/h4-5H,2-3H2,1H3,(H,9,10). The second kappa shape index (κ2) is 5.16. The predicted molar refractivity (Wildman–Crippen MR) is 53.9 cm³/mol. The van der Waals surface area contributed by atoms with E-state index < -0.39 is 0 Å². The molecular formula is C7H10N2OS2. The lowest BCUT2D eigenvalue weighted by Gasteiger charge is -1.98. The van der Waals surface area contributed by atoms with Crippen molar-refractivity contribution in [3.05, 3.63) is 10.9 Å². The molecule has 66 valence electrons. The number of aromatic nitrogens is 1. The van der Waals surface area contributed by atoms with E-state index in [4.69, 9.17) is 0 Å². The van der Waals surface area contributed by atoms with Crippen molar-refractivity contribution in [1.29, 1.82) is 0 Å². The number of thiazole rings is 1. The maximum absolute atomic E-state index is 11.1. The lowest BCUT2D eigenvalue weighted by atomic mass is 10.6. The number of carbonyl (C=O) groups excluding carboxylic acids is 1. The highest BCUT2D eigenvalue weighted by atomic mass is 32.2. The van der Waals surface area contributed by atoms with Gasteiger partial charge in [0.05, 0.1) is 5.51 Å². The second-order valence-electron chi connectivity index (χ2n) is 2.13. The number of nitrogens with one attached hydrogen (secondary N) is 1. The monoisotopic (exact) mass is 202 g/mol. The Balaban J connectivity index is 2.27. The lowest BCUT2D eigenvalue weighted by Crippen LogP contribution is -2.05. The van der Waals surface area contributed by atoms with E-state index in [9.17, 15) is 4.79 Å². The first-order chi connectivity index (χ1) is 5.83. The Kier molecular flexibility index (Phi) is 4.10. The van der Waals surface area contributed by atoms with Crippen molar-refractivity contribution in [1.82, 2.24) is 4.98 Å². The van der Waals surface area contributed by atoms with Crippen LogP contribution in [0.2, 0.25) is 0 Å². The van der Waals surface area contributed by atoms with Crippen molar-refractivity contribution in [2.24, 2.45) is 0 Å². The van der Waals surface area contributed by atoms with Crippen molar-refractivity contribution < 1.29 is 4.79 Å². The quantitative estimate of drug-likeness (QED) is 0.819. The van der Waals surface area contributed by atoms with Crippen molar-refractivity contribution in [2.45, 2.75) is 13.3 Å². The summed E-state index contributed by atoms with van der Waals surface area (Å²) in [5, 5.41) is 4.46. The number of hydrogen-bond acceptors (Lipinski definition) is 4. The van der Waals surface area contributed by atoms with Gasteiger partial charge in [-0.1, -0.05) is 18.7 Å². The van der Waals surface area contributed by atoms with Crippen molar-refractivity contribution in [3.8, 4) is 0 Å². The molecule has 12 heavy (non-hydrogen) atoms. The summed E-state index contributed by atoms with van der Waals surface area (Å²) in [7, 11) is 0. The zero-order chi connectivity index (χ0) is 8.81. The highest BCUT2D eigenvalue weighted by Gasteiger charge is 2.02. The Morgan fingerprint density at radius 1 is 1.83 bits per heavy atom. The molecule has 0 saturated heterocycles. The number of amides is 1. The lowest BCUT2D eigenvalue weighted by molar-refractivity contribution is 0.269. The molecule has 1 rings (SSSR count). The van der Waals surface area contributed by atoms with Crippen LogP contribution in [0.3, 0.4) is 0 Å². The number of nitrogens with zero attached hydrogens (tertiary/aromatic N) is 1. The number of thioether (sulfide) groups is 1. The van der Waals surface area contributed by atoms with E-state index in [1.807, 2.05) is 12.3 Å². The Bertz CT molecular complexity index is 236. The topological polar surface area (TPSA) is 42.0 Å². The SMILES string of the molecule is CCCSC(=O)Nc1cscn1. The zero-order valence-electron chi connectivity index (χ0n) is 6.74. The van der Waals surface area contributed by atoms with Crippen LogP contribution in [0, 0.1) is 0 Å². The van der Waals surface area contributed by atoms with E-state index in [1.54, 1.807) is 5.51 Å². The van der Waals surface area contributed by atoms with Crippen LogP contribution in [0.5, 0.6) is 0 Å². The minimum atomic E-state index is -0.0252. The summed E-state index contributed by atoms with van der Waals surface area (Å²) in [6.07, 6.45) is 1.01. The summed E-state index contributed by atoms with van der Waals surface area (Å²) in [4.78, 5) is 15.0. The van der Waals surface area contributed by atoms with Crippen LogP contribution in [0.1, 0.15) is 13.3 Å². The minimum absolute atomic E-state index is 0.0252. The number of carbonyl (C=O) groups is 1. The first kappa shape index (κ1) is 9.54. The van der Waals surface area contributed by atoms with Crippen LogP contribution in [-0.2, 0) is 0 Å². The average molecular weight is 202 g/mol. The predicted octanol–water partition coefficient (Wildman–Crippen LogP) is 2.82. The van der Waals surface area contributed by atoms with Crippen LogP contribution < -0.4 is 5.32 Å². The van der Waals surface area contributed by atoms with Crippen LogP contribution in [0.15, 0.2) is 10.9 Å². The highest BCUT2D eigenvalue weighted by Crippen LogP contribution is 2.11. The van der Waals surface area contributed by atoms with Crippen LogP contribution in [0.4, 0.5) is 10.6 Å². The van der Waals surface area contributed by atoms with E-state index in [2.05, 4.69) is 10.3 Å². The summed E-state index contributed by atoms with van der Waals surface area (Å²) in [5.41, 5.74) is 1.69. The molecule has 0 aromatic carbocycles. The molecule has 1 N–H and O–H groups in total. The maximum atomic E-state index is 11.1. The molecule has 0 atom stereocenters. The van der Waals surface area contributed by atoms with Gasteiger partial charge in [0.15, 0.2) is 0 Å². The Hall–Kier alpha value is -0.550. The van der Waals surface area contributed by atoms with Gasteiger partial charge in [0, 0.05) is 11.1 Å². The molecular weight excluding hydrogens is 192 g/mol. The van der Waals surface area contributed by atoms with E-state index in [0.29, 0.717) is 5.82 Å². The van der Waals surface area contributed by atoms with Gasteiger partial charge >= 0.3 is 0 Å². The molecule has 0 fully saturated rings. The molecule has 0 aliphatic carbocycles. The molecule has 0 saturated carbocycles. The van der Waals surface area contributed by atoms with Crippen molar-refractivity contribution >= 4 is 34.2 Å². The minimum Gasteiger partial charge on any atom is -0.301 e. The van der Waals surface area contributed by atoms with Gasteiger partial charge < -0.3 is 5.32 Å². The molecule has 1 heterocycles. The van der Waals surface area contributed by atoms with Gasteiger partial charge in [-0.3, -0.25) is 4.79 Å². The van der Waals surface area contributed by atoms with Crippen molar-refractivity contribution in [2.75, 3.05) is 11.1 Å². The van der Waals surface area contributed by atoms with E-state index >= 15 is 0 Å². The first-order valence-corrected chi connectivity index (χ1v) is 5.57. The Labute approximate surface area is 79.6 Å². The molecule has 0 spiro atoms. The largest absolute Gasteiger partial charge is 0.301 e. The Morgan fingerprint density at radius 3 is 3.25 bits per heavy atom. The van der Waals surface area contributed by atoms with Crippen LogP contribution in [0.25, 0.3) is 0 Å². The summed E-state index contributed by atoms with van der Waals surface area (Å²) < 4.78 is 0. The van der Waals surface area contributed by atoms with Gasteiger partial charge in [0.2, 0.25) is 0 Å². The average Bonchev–Trinajstić information content (AvgIpc) is 2.53. The highest BCUT2D eigenvalue weighted by molar-refractivity contribution is 8.13. The summed E-state index contributed by atoms with van der Waals surface area (Å²) in [6, 6.07) is 0. The third kappa shape index (κ3) is 3.23. The fraction of sp³-hybridized carbons (Fsp3) is 0.429. The first-order valence-electron chi connectivity index (χ1n) is 3.65. The zero-order valence-corrected chi connectivity index (χ0v) is 8.37. The molecule has 5 heteroatoms. The Morgan fingerprint density at radius 2 is 2.67 bits per heavy atom. The molecule has 1 aromatic heterocycles. The molecule has 0 bridgehead atoms. The van der Waals surface area contributed by atoms with Gasteiger partial charge in [-0.05, 0) is 6.42 Å². The van der Waals surface area contributed by atoms with Gasteiger partial charge in [0.25, 0.3) is 5.24 Å². The van der Waals surface area contributed by atoms with Gasteiger partial charge in [-0.2, -0.15) is 0 Å². The third-order valence-electron chi connectivity index (χ3n) is 1.10. The van der Waals surface area contributed by atoms with Gasteiger partial charge in [-0.15, -0.1) is 11.3 Å². The number of rotatable bonds is 3. The van der Waals surface area contributed by atoms with Gasteiger partial charge in [-0.25, -0.2) is 4.98 Å². The van der Waals surface area contributed by atoms with Crippen molar-refractivity contribution in [3.63, 3.8) is 0 Å². The molecule has 0 unspecified atom stereocenters. The fourth-order valence-electron chi connectivity index (χ4n) is 0.610. The van der Waals surface area contributed by atoms with Crippen LogP contribution >= 0.6 is 23.1 Å². The number of hydrogen-bond donors (Lipinski definition) is 1. The number of anilines is 1. The third-order valence-corrected chi connectivity index (χ3v) is 2.66. The summed E-state index contributed by atoms with van der Waals surface area (Å²) in [5.74, 6) is 1.50. The fourth-order valence-corrected chi connectivity index (χ4v) is 1.66. The molecule has 3 nitrogen and oxygen atoms in total. The normalized spacial score (nSPS) is 9.75. The smallest absolute Gasteiger partial charge is 0.284 e. The second-order valence-corrected chi connectivity index (χ2v) is 3.92. The van der Waals surface area contributed by atoms with Crippen LogP contribution in [-0.4, -0.2) is 16.0 Å². The summed E-state index contributed by atoms with van der Waals surface area (Å²) >= 11 is 2.76.